The lowest BCUT2D eigenvalue weighted by Gasteiger charge is -2.21. The summed E-state index contributed by atoms with van der Waals surface area (Å²) in [5.41, 5.74) is 6.13. The second-order valence-electron chi connectivity index (χ2n) is 7.52. The van der Waals surface area contributed by atoms with Crippen LogP contribution in [-0.2, 0) is 6.61 Å². The summed E-state index contributed by atoms with van der Waals surface area (Å²) in [4.78, 5) is 17.9. The van der Waals surface area contributed by atoms with Gasteiger partial charge in [0.25, 0.3) is 0 Å². The van der Waals surface area contributed by atoms with Crippen molar-refractivity contribution in [3.8, 4) is 39.3 Å². The van der Waals surface area contributed by atoms with Gasteiger partial charge in [-0.1, -0.05) is 60.7 Å². The van der Waals surface area contributed by atoms with Crippen molar-refractivity contribution >= 4 is 11.0 Å². The first-order valence-electron chi connectivity index (χ1n) is 10.1. The van der Waals surface area contributed by atoms with E-state index < -0.39 is 0 Å². The topological polar surface area (TPSA) is 52.3 Å². The number of aromatic nitrogens is 1. The highest BCUT2D eigenvalue weighted by molar-refractivity contribution is 6.01. The summed E-state index contributed by atoms with van der Waals surface area (Å²) >= 11 is 0. The number of para-hydroxylation sites is 2. The van der Waals surface area contributed by atoms with Crippen LogP contribution in [0.3, 0.4) is 0 Å². The van der Waals surface area contributed by atoms with Crippen LogP contribution in [0.4, 0.5) is 0 Å². The predicted octanol–water partition coefficient (Wildman–Crippen LogP) is 6.08. The quantitative estimate of drug-likeness (QED) is 0.335. The normalized spacial score (nSPS) is 12.1. The summed E-state index contributed by atoms with van der Waals surface area (Å²) in [6, 6.07) is 27.2. The highest BCUT2D eigenvalue weighted by atomic mass is 16.5. The molecule has 3 heterocycles. The Kier molecular flexibility index (Phi) is 3.96. The second-order valence-corrected chi connectivity index (χ2v) is 7.52. The van der Waals surface area contributed by atoms with E-state index in [1.54, 1.807) is 0 Å². The Morgan fingerprint density at radius 1 is 0.774 bits per heavy atom. The van der Waals surface area contributed by atoms with Crippen LogP contribution in [0.2, 0.25) is 0 Å². The van der Waals surface area contributed by atoms with Gasteiger partial charge in [-0.05, 0) is 29.8 Å². The van der Waals surface area contributed by atoms with Crippen LogP contribution in [0.25, 0.3) is 44.5 Å². The maximum absolute atomic E-state index is 13.1. The van der Waals surface area contributed by atoms with Gasteiger partial charge in [-0.2, -0.15) is 0 Å². The van der Waals surface area contributed by atoms with Gasteiger partial charge in [0.1, 0.15) is 17.9 Å². The van der Waals surface area contributed by atoms with Crippen molar-refractivity contribution in [3.63, 3.8) is 0 Å². The van der Waals surface area contributed by atoms with Gasteiger partial charge in [0.05, 0.1) is 11.3 Å². The average Bonchev–Trinajstić information content (AvgIpc) is 2.83. The van der Waals surface area contributed by atoms with Gasteiger partial charge in [0, 0.05) is 33.8 Å². The molecule has 4 heteroatoms. The van der Waals surface area contributed by atoms with Crippen molar-refractivity contribution in [3.05, 3.63) is 107 Å². The first kappa shape index (κ1) is 17.7. The molecule has 0 unspecified atom stereocenters. The Labute approximate surface area is 178 Å². The van der Waals surface area contributed by atoms with E-state index in [2.05, 4.69) is 6.07 Å². The first-order valence-corrected chi connectivity index (χ1v) is 10.1. The molecule has 0 spiro atoms. The number of ether oxygens (including phenoxy) is 1. The molecule has 0 aliphatic carbocycles. The Morgan fingerprint density at radius 2 is 1.55 bits per heavy atom. The average molecular weight is 403 g/mol. The molecule has 2 aromatic heterocycles. The monoisotopic (exact) mass is 403 g/mol. The molecule has 0 bridgehead atoms. The SMILES string of the molecule is O=c1oc2ccccc2c(-c2cnc3c(c2)COc2ccccc2-3)c1-c1ccccc1. The lowest BCUT2D eigenvalue weighted by Crippen LogP contribution is -2.09. The van der Waals surface area contributed by atoms with Gasteiger partial charge in [-0.15, -0.1) is 0 Å². The first-order chi connectivity index (χ1) is 15.3. The summed E-state index contributed by atoms with van der Waals surface area (Å²) < 4.78 is 11.6. The second kappa shape index (κ2) is 6.96. The molecule has 5 aromatic rings. The van der Waals surface area contributed by atoms with Gasteiger partial charge < -0.3 is 9.15 Å². The molecular weight excluding hydrogens is 386 g/mol. The van der Waals surface area contributed by atoms with Gasteiger partial charge in [-0.25, -0.2) is 4.79 Å². The molecule has 0 saturated heterocycles. The van der Waals surface area contributed by atoms with Crippen LogP contribution in [0.5, 0.6) is 5.75 Å². The van der Waals surface area contributed by atoms with E-state index in [4.69, 9.17) is 14.1 Å². The molecule has 31 heavy (non-hydrogen) atoms. The zero-order valence-electron chi connectivity index (χ0n) is 16.5. The summed E-state index contributed by atoms with van der Waals surface area (Å²) in [5, 5.41) is 0.875. The minimum absolute atomic E-state index is 0.362. The maximum atomic E-state index is 13.1. The Hall–Kier alpha value is -4.18. The van der Waals surface area contributed by atoms with Crippen LogP contribution in [0.1, 0.15) is 5.56 Å². The summed E-state index contributed by atoms with van der Waals surface area (Å²) in [6.45, 7) is 0.438. The van der Waals surface area contributed by atoms with Crippen LogP contribution in [0.15, 0.2) is 100 Å². The molecule has 1 aliphatic rings. The number of benzene rings is 3. The lowest BCUT2D eigenvalue weighted by atomic mass is 9.92. The Balaban J connectivity index is 1.65. The number of pyridine rings is 1. The fraction of sp³-hybridized carbons (Fsp3) is 0.0370. The van der Waals surface area contributed by atoms with Crippen molar-refractivity contribution in [1.82, 2.24) is 4.98 Å². The molecule has 3 aromatic carbocycles. The molecule has 0 fully saturated rings. The standard InChI is InChI=1S/C27H17NO3/c29-27-25(17-8-2-1-3-9-17)24(20-10-4-7-13-23(20)31-27)18-14-19-16-30-22-12-6-5-11-21(22)26(19)28-15-18/h1-15H,16H2. The molecule has 0 amide bonds. The van der Waals surface area contributed by atoms with E-state index >= 15 is 0 Å². The van der Waals surface area contributed by atoms with Crippen LogP contribution >= 0.6 is 0 Å². The van der Waals surface area contributed by atoms with E-state index in [9.17, 15) is 4.79 Å². The predicted molar refractivity (Wildman–Crippen MR) is 121 cm³/mol. The number of fused-ring (bicyclic) bond motifs is 4. The highest BCUT2D eigenvalue weighted by Gasteiger charge is 2.22. The van der Waals surface area contributed by atoms with Crippen LogP contribution in [0, 0.1) is 0 Å². The number of hydrogen-bond donors (Lipinski definition) is 0. The molecule has 4 nitrogen and oxygen atoms in total. The van der Waals surface area contributed by atoms with Gasteiger partial charge in [0.2, 0.25) is 0 Å². The highest BCUT2D eigenvalue weighted by Crippen LogP contribution is 2.40. The van der Waals surface area contributed by atoms with Gasteiger partial charge in [0.15, 0.2) is 0 Å². The molecule has 0 atom stereocenters. The number of hydrogen-bond acceptors (Lipinski definition) is 4. The van der Waals surface area contributed by atoms with Crippen molar-refractivity contribution in [1.29, 1.82) is 0 Å². The van der Waals surface area contributed by atoms with Crippen molar-refractivity contribution in [2.24, 2.45) is 0 Å². The summed E-state index contributed by atoms with van der Waals surface area (Å²) in [5.74, 6) is 0.839. The van der Waals surface area contributed by atoms with Gasteiger partial charge >= 0.3 is 5.63 Å². The third-order valence-electron chi connectivity index (χ3n) is 5.66. The third-order valence-corrected chi connectivity index (χ3v) is 5.66. The minimum atomic E-state index is -0.362. The maximum Gasteiger partial charge on any atom is 0.344 e. The smallest absolute Gasteiger partial charge is 0.344 e. The lowest BCUT2D eigenvalue weighted by molar-refractivity contribution is 0.301. The fourth-order valence-corrected chi connectivity index (χ4v) is 4.26. The van der Waals surface area contributed by atoms with Crippen molar-refractivity contribution in [2.45, 2.75) is 6.61 Å². The van der Waals surface area contributed by atoms with E-state index in [1.807, 2.05) is 85.1 Å². The third kappa shape index (κ3) is 2.84. The molecule has 6 rings (SSSR count). The zero-order valence-corrected chi connectivity index (χ0v) is 16.5. The summed E-state index contributed by atoms with van der Waals surface area (Å²) in [7, 11) is 0. The van der Waals surface area contributed by atoms with E-state index in [1.165, 1.54) is 0 Å². The molecule has 0 N–H and O–H groups in total. The van der Waals surface area contributed by atoms with Gasteiger partial charge in [-0.3, -0.25) is 4.98 Å². The molecular formula is C27H17NO3. The van der Waals surface area contributed by atoms with Crippen molar-refractivity contribution in [2.75, 3.05) is 0 Å². The van der Waals surface area contributed by atoms with E-state index in [0.717, 1.165) is 44.6 Å². The van der Waals surface area contributed by atoms with Crippen LogP contribution < -0.4 is 10.4 Å². The largest absolute Gasteiger partial charge is 0.488 e. The summed E-state index contributed by atoms with van der Waals surface area (Å²) in [6.07, 6.45) is 1.84. The molecule has 0 radical (unpaired) electrons. The molecule has 1 aliphatic heterocycles. The number of nitrogens with zero attached hydrogens (tertiary/aromatic N) is 1. The van der Waals surface area contributed by atoms with E-state index in [0.29, 0.717) is 17.8 Å². The minimum Gasteiger partial charge on any atom is -0.488 e. The van der Waals surface area contributed by atoms with E-state index in [-0.39, 0.29) is 5.63 Å². The van der Waals surface area contributed by atoms with Crippen LogP contribution in [-0.4, -0.2) is 4.98 Å². The fourth-order valence-electron chi connectivity index (χ4n) is 4.26. The molecule has 148 valence electrons. The Morgan fingerprint density at radius 3 is 2.45 bits per heavy atom. The number of rotatable bonds is 2. The zero-order chi connectivity index (χ0) is 20.8. The van der Waals surface area contributed by atoms with Crippen molar-refractivity contribution < 1.29 is 9.15 Å². The Bertz CT molecular complexity index is 1500. The molecule has 0 saturated carbocycles.